The van der Waals surface area contributed by atoms with Crippen LogP contribution in [0.1, 0.15) is 32.5 Å². The largest absolute Gasteiger partial charge is 0.334 e. The van der Waals surface area contributed by atoms with Crippen molar-refractivity contribution in [3.63, 3.8) is 0 Å². The molecule has 18 heavy (non-hydrogen) atoms. The summed E-state index contributed by atoms with van der Waals surface area (Å²) in [5.74, 6) is 0.714. The van der Waals surface area contributed by atoms with Gasteiger partial charge in [-0.1, -0.05) is 22.9 Å². The van der Waals surface area contributed by atoms with Crippen LogP contribution in [0.25, 0.3) is 0 Å². The molecule has 0 spiro atoms. The van der Waals surface area contributed by atoms with Gasteiger partial charge in [0.05, 0.1) is 0 Å². The van der Waals surface area contributed by atoms with Crippen molar-refractivity contribution in [1.82, 2.24) is 14.3 Å². The normalized spacial score (nSPS) is 13.8. The molecule has 0 saturated carbocycles. The number of alkyl halides is 1. The minimum absolute atomic E-state index is 0.0542. The van der Waals surface area contributed by atoms with Gasteiger partial charge in [0.15, 0.2) is 5.03 Å². The van der Waals surface area contributed by atoms with Gasteiger partial charge in [0.25, 0.3) is 10.0 Å². The van der Waals surface area contributed by atoms with Gasteiger partial charge in [0, 0.05) is 24.1 Å². The molecule has 0 aliphatic rings. The zero-order valence-corrected chi connectivity index (χ0v) is 13.4. The summed E-state index contributed by atoms with van der Waals surface area (Å²) < 4.78 is 28.8. The fourth-order valence-electron chi connectivity index (χ4n) is 1.69. The maximum absolute atomic E-state index is 12.2. The van der Waals surface area contributed by atoms with E-state index in [9.17, 15) is 8.42 Å². The quantitative estimate of drug-likeness (QED) is 0.774. The van der Waals surface area contributed by atoms with E-state index < -0.39 is 10.0 Å². The van der Waals surface area contributed by atoms with Gasteiger partial charge in [-0.3, -0.25) is 0 Å². The molecule has 1 aromatic rings. The number of aromatic nitrogens is 2. The van der Waals surface area contributed by atoms with Crippen LogP contribution >= 0.6 is 15.9 Å². The van der Waals surface area contributed by atoms with Crippen LogP contribution < -0.4 is 4.72 Å². The van der Waals surface area contributed by atoms with E-state index in [2.05, 4.69) is 25.6 Å². The number of halogens is 1. The topological polar surface area (TPSA) is 64.0 Å². The van der Waals surface area contributed by atoms with Gasteiger partial charge in [0.2, 0.25) is 0 Å². The fourth-order valence-corrected chi connectivity index (χ4v) is 3.60. The zero-order chi connectivity index (χ0) is 13.8. The lowest BCUT2D eigenvalue weighted by Gasteiger charge is -2.14. The summed E-state index contributed by atoms with van der Waals surface area (Å²) in [5.41, 5.74) is 0. The summed E-state index contributed by atoms with van der Waals surface area (Å²) in [7, 11) is -3.51. The molecule has 5 nitrogen and oxygen atoms in total. The maximum Gasteiger partial charge on any atom is 0.259 e. The molecule has 0 amide bonds. The standard InChI is InChI=1S/C11H20BrN3O2S/c1-4-10(6-7-12)14-18(16,17)11-8-15(5-2)9(3)13-11/h8,10,14H,4-7H2,1-3H3. The Morgan fingerprint density at radius 3 is 2.61 bits per heavy atom. The second kappa shape index (κ2) is 6.68. The van der Waals surface area contributed by atoms with E-state index in [0.29, 0.717) is 12.4 Å². The number of hydrogen-bond acceptors (Lipinski definition) is 3. The van der Waals surface area contributed by atoms with Crippen molar-refractivity contribution in [3.8, 4) is 0 Å². The van der Waals surface area contributed by atoms with Crippen LogP contribution in [0.3, 0.4) is 0 Å². The van der Waals surface area contributed by atoms with Crippen molar-refractivity contribution >= 4 is 26.0 Å². The van der Waals surface area contributed by atoms with E-state index in [1.54, 1.807) is 13.1 Å². The highest BCUT2D eigenvalue weighted by molar-refractivity contribution is 9.09. The predicted molar refractivity (Wildman–Crippen MR) is 75.4 cm³/mol. The smallest absolute Gasteiger partial charge is 0.259 e. The first-order chi connectivity index (χ1) is 8.44. The molecule has 0 aliphatic heterocycles. The summed E-state index contributed by atoms with van der Waals surface area (Å²) in [6.07, 6.45) is 3.11. The number of hydrogen-bond donors (Lipinski definition) is 1. The summed E-state index contributed by atoms with van der Waals surface area (Å²) in [6.45, 7) is 6.44. The molecule has 0 radical (unpaired) electrons. The van der Waals surface area contributed by atoms with E-state index in [-0.39, 0.29) is 11.1 Å². The predicted octanol–water partition coefficient (Wildman–Crippen LogP) is 2.05. The Bertz CT molecular complexity index is 484. The second-order valence-electron chi connectivity index (χ2n) is 4.12. The number of sulfonamides is 1. The van der Waals surface area contributed by atoms with Crippen LogP contribution in [-0.4, -0.2) is 29.3 Å². The van der Waals surface area contributed by atoms with E-state index in [4.69, 9.17) is 0 Å². The number of aryl methyl sites for hydroxylation is 2. The molecule has 0 aromatic carbocycles. The fraction of sp³-hybridized carbons (Fsp3) is 0.727. The Balaban J connectivity index is 2.91. The highest BCUT2D eigenvalue weighted by Crippen LogP contribution is 2.11. The first-order valence-electron chi connectivity index (χ1n) is 6.06. The Kier molecular flexibility index (Phi) is 5.81. The molecule has 0 aliphatic carbocycles. The summed E-state index contributed by atoms with van der Waals surface area (Å²) in [5, 5.41) is 0.881. The number of rotatable bonds is 7. The van der Waals surface area contributed by atoms with Gasteiger partial charge in [-0.25, -0.2) is 18.1 Å². The van der Waals surface area contributed by atoms with Gasteiger partial charge in [-0.15, -0.1) is 0 Å². The van der Waals surface area contributed by atoms with E-state index in [1.807, 2.05) is 18.4 Å². The Morgan fingerprint density at radius 1 is 1.50 bits per heavy atom. The van der Waals surface area contributed by atoms with Crippen molar-refractivity contribution in [3.05, 3.63) is 12.0 Å². The van der Waals surface area contributed by atoms with E-state index in [0.717, 1.165) is 18.2 Å². The highest BCUT2D eigenvalue weighted by Gasteiger charge is 2.22. The van der Waals surface area contributed by atoms with Gasteiger partial charge < -0.3 is 4.57 Å². The van der Waals surface area contributed by atoms with Crippen molar-refractivity contribution in [2.75, 3.05) is 5.33 Å². The van der Waals surface area contributed by atoms with Gasteiger partial charge in [-0.2, -0.15) is 0 Å². The van der Waals surface area contributed by atoms with Crippen molar-refractivity contribution in [2.45, 2.75) is 51.2 Å². The zero-order valence-electron chi connectivity index (χ0n) is 11.0. The van der Waals surface area contributed by atoms with Crippen molar-refractivity contribution in [1.29, 1.82) is 0 Å². The minimum atomic E-state index is -3.51. The third-order valence-corrected chi connectivity index (χ3v) is 4.69. The lowest BCUT2D eigenvalue weighted by Crippen LogP contribution is -2.34. The van der Waals surface area contributed by atoms with Crippen LogP contribution in [0, 0.1) is 6.92 Å². The number of nitrogens with one attached hydrogen (secondary N) is 1. The summed E-state index contributed by atoms with van der Waals surface area (Å²) in [4.78, 5) is 4.10. The highest BCUT2D eigenvalue weighted by atomic mass is 79.9. The third-order valence-electron chi connectivity index (χ3n) is 2.84. The molecule has 0 saturated heterocycles. The lowest BCUT2D eigenvalue weighted by molar-refractivity contribution is 0.530. The second-order valence-corrected chi connectivity index (χ2v) is 6.57. The SMILES string of the molecule is CCC(CCBr)NS(=O)(=O)c1cn(CC)c(C)n1. The van der Waals surface area contributed by atoms with Crippen LogP contribution in [-0.2, 0) is 16.6 Å². The molecule has 104 valence electrons. The molecular weight excluding hydrogens is 318 g/mol. The molecular formula is C11H20BrN3O2S. The molecule has 0 fully saturated rings. The molecule has 1 heterocycles. The summed E-state index contributed by atoms with van der Waals surface area (Å²) >= 11 is 3.33. The molecule has 1 N–H and O–H groups in total. The van der Waals surface area contributed by atoms with E-state index >= 15 is 0 Å². The Hall–Kier alpha value is -0.400. The van der Waals surface area contributed by atoms with Crippen LogP contribution in [0.15, 0.2) is 11.2 Å². The molecule has 7 heteroatoms. The first kappa shape index (κ1) is 15.7. The minimum Gasteiger partial charge on any atom is -0.334 e. The van der Waals surface area contributed by atoms with Crippen molar-refractivity contribution < 1.29 is 8.42 Å². The van der Waals surface area contributed by atoms with Gasteiger partial charge >= 0.3 is 0 Å². The van der Waals surface area contributed by atoms with Crippen LogP contribution in [0.5, 0.6) is 0 Å². The average Bonchev–Trinajstić information content (AvgIpc) is 2.70. The Morgan fingerprint density at radius 2 is 2.17 bits per heavy atom. The first-order valence-corrected chi connectivity index (χ1v) is 8.67. The van der Waals surface area contributed by atoms with E-state index in [1.165, 1.54) is 0 Å². The monoisotopic (exact) mass is 337 g/mol. The van der Waals surface area contributed by atoms with Gasteiger partial charge in [-0.05, 0) is 26.7 Å². The lowest BCUT2D eigenvalue weighted by atomic mass is 10.2. The van der Waals surface area contributed by atoms with Crippen LogP contribution in [0.2, 0.25) is 0 Å². The molecule has 1 atom stereocenters. The molecule has 0 bridgehead atoms. The number of imidazole rings is 1. The third kappa shape index (κ3) is 3.80. The Labute approximate surface area is 117 Å². The van der Waals surface area contributed by atoms with Crippen LogP contribution in [0.4, 0.5) is 0 Å². The molecule has 1 rings (SSSR count). The maximum atomic E-state index is 12.2. The summed E-state index contributed by atoms with van der Waals surface area (Å²) in [6, 6.07) is -0.0542. The number of nitrogens with zero attached hydrogens (tertiary/aromatic N) is 2. The molecule has 1 unspecified atom stereocenters. The van der Waals surface area contributed by atoms with Crippen molar-refractivity contribution in [2.24, 2.45) is 0 Å². The molecule has 1 aromatic heterocycles. The van der Waals surface area contributed by atoms with Gasteiger partial charge in [0.1, 0.15) is 5.82 Å². The average molecular weight is 338 g/mol.